The van der Waals surface area contributed by atoms with Crippen LogP contribution in [-0.4, -0.2) is 39.2 Å². The third-order valence-corrected chi connectivity index (χ3v) is 4.26. The average molecular weight is 242 g/mol. The van der Waals surface area contributed by atoms with E-state index in [-0.39, 0.29) is 6.10 Å². The van der Waals surface area contributed by atoms with Gasteiger partial charge in [0.25, 0.3) is 0 Å². The molecule has 3 atom stereocenters. The number of rotatable bonds is 4. The van der Waals surface area contributed by atoms with Crippen molar-refractivity contribution in [2.45, 2.75) is 69.7 Å². The Morgan fingerprint density at radius 3 is 2.44 bits per heavy atom. The fraction of sp³-hybridized carbons (Fsp3) is 0.917. The zero-order chi connectivity index (χ0) is 11.7. The normalized spacial score (nSPS) is 36.2. The number of hydrogen-bond acceptors (Lipinski definition) is 3. The summed E-state index contributed by atoms with van der Waals surface area (Å²) in [5.41, 5.74) is 5.67. The summed E-state index contributed by atoms with van der Waals surface area (Å²) < 4.78 is 0. The molecule has 16 heavy (non-hydrogen) atoms. The van der Waals surface area contributed by atoms with Crippen molar-refractivity contribution in [3.8, 4) is 0 Å². The molecule has 0 aromatic carbocycles. The van der Waals surface area contributed by atoms with Gasteiger partial charge >= 0.3 is 0 Å². The van der Waals surface area contributed by atoms with Gasteiger partial charge in [-0.1, -0.05) is 19.1 Å². The van der Waals surface area contributed by atoms with Crippen molar-refractivity contribution in [3.63, 3.8) is 0 Å². The molecule has 4 heteroatoms. The van der Waals surface area contributed by atoms with Gasteiger partial charge in [-0.3, -0.25) is 4.90 Å². The molecule has 92 valence electrons. The first-order valence-corrected chi connectivity index (χ1v) is 6.76. The first-order chi connectivity index (χ1) is 7.61. The number of hydrogen-bond donors (Lipinski definition) is 2. The van der Waals surface area contributed by atoms with E-state index < -0.39 is 0 Å². The monoisotopic (exact) mass is 242 g/mol. The minimum Gasteiger partial charge on any atom is -0.393 e. The summed E-state index contributed by atoms with van der Waals surface area (Å²) in [6.07, 6.45) is 6.17. The van der Waals surface area contributed by atoms with Crippen molar-refractivity contribution >= 4 is 17.2 Å². The van der Waals surface area contributed by atoms with Crippen LogP contribution in [0.25, 0.3) is 0 Å². The second-order valence-electron chi connectivity index (χ2n) is 5.19. The second-order valence-corrected chi connectivity index (χ2v) is 5.71. The standard InChI is InChI=1S/C12H22N2OS/c1-2-8(7-12(13)16)14-9-3-4-10(14)6-11(15)5-9/h8-11,15H,2-7H2,1H3,(H2,13,16). The Balaban J connectivity index is 2.05. The van der Waals surface area contributed by atoms with Gasteiger partial charge < -0.3 is 10.8 Å². The summed E-state index contributed by atoms with van der Waals surface area (Å²) in [5, 5.41) is 9.77. The van der Waals surface area contributed by atoms with Crippen LogP contribution in [0.15, 0.2) is 0 Å². The highest BCUT2D eigenvalue weighted by atomic mass is 32.1. The van der Waals surface area contributed by atoms with E-state index in [1.165, 1.54) is 12.8 Å². The van der Waals surface area contributed by atoms with E-state index in [1.807, 2.05) is 0 Å². The summed E-state index contributed by atoms with van der Waals surface area (Å²) in [7, 11) is 0. The molecule has 0 aromatic rings. The van der Waals surface area contributed by atoms with Crippen LogP contribution in [0.2, 0.25) is 0 Å². The van der Waals surface area contributed by atoms with Crippen molar-refractivity contribution in [2.75, 3.05) is 0 Å². The number of aliphatic hydroxyl groups is 1. The molecule has 0 saturated carbocycles. The molecule has 2 bridgehead atoms. The van der Waals surface area contributed by atoms with Crippen LogP contribution >= 0.6 is 12.2 Å². The Morgan fingerprint density at radius 1 is 1.44 bits per heavy atom. The van der Waals surface area contributed by atoms with Gasteiger partial charge in [0.05, 0.1) is 11.1 Å². The number of nitrogens with zero attached hydrogens (tertiary/aromatic N) is 1. The van der Waals surface area contributed by atoms with Crippen LogP contribution in [0.3, 0.4) is 0 Å². The van der Waals surface area contributed by atoms with Gasteiger partial charge in [0, 0.05) is 24.5 Å². The molecular formula is C12H22N2OS. The topological polar surface area (TPSA) is 49.5 Å². The van der Waals surface area contributed by atoms with E-state index in [2.05, 4.69) is 11.8 Å². The number of fused-ring (bicyclic) bond motifs is 2. The van der Waals surface area contributed by atoms with E-state index >= 15 is 0 Å². The lowest BCUT2D eigenvalue weighted by Gasteiger charge is -2.42. The zero-order valence-corrected chi connectivity index (χ0v) is 10.7. The summed E-state index contributed by atoms with van der Waals surface area (Å²) in [5.74, 6) is 0. The third kappa shape index (κ3) is 2.39. The molecule has 2 fully saturated rings. The molecule has 2 aliphatic heterocycles. The fourth-order valence-electron chi connectivity index (χ4n) is 3.47. The molecule has 3 unspecified atom stereocenters. The third-order valence-electron chi connectivity index (χ3n) is 4.09. The summed E-state index contributed by atoms with van der Waals surface area (Å²) in [6.45, 7) is 2.20. The second kappa shape index (κ2) is 4.98. The number of nitrogens with two attached hydrogens (primary N) is 1. The highest BCUT2D eigenvalue weighted by molar-refractivity contribution is 7.80. The van der Waals surface area contributed by atoms with Crippen molar-refractivity contribution in [2.24, 2.45) is 5.73 Å². The Morgan fingerprint density at radius 2 is 2.00 bits per heavy atom. The molecule has 2 saturated heterocycles. The maximum absolute atomic E-state index is 9.77. The molecule has 0 amide bonds. The lowest BCUT2D eigenvalue weighted by atomic mass is 9.95. The Labute approximate surface area is 103 Å². The van der Waals surface area contributed by atoms with Gasteiger partial charge in [-0.2, -0.15) is 0 Å². The van der Waals surface area contributed by atoms with E-state index in [4.69, 9.17) is 18.0 Å². The molecule has 0 aromatic heterocycles. The van der Waals surface area contributed by atoms with Gasteiger partial charge in [0.15, 0.2) is 0 Å². The van der Waals surface area contributed by atoms with Crippen molar-refractivity contribution < 1.29 is 5.11 Å². The summed E-state index contributed by atoms with van der Waals surface area (Å²) in [6, 6.07) is 1.61. The molecule has 2 heterocycles. The first-order valence-electron chi connectivity index (χ1n) is 6.35. The smallest absolute Gasteiger partial charge is 0.0743 e. The molecule has 2 rings (SSSR count). The Bertz CT molecular complexity index is 258. The Hall–Kier alpha value is -0.190. The van der Waals surface area contributed by atoms with Crippen LogP contribution < -0.4 is 5.73 Å². The largest absolute Gasteiger partial charge is 0.393 e. The van der Waals surface area contributed by atoms with E-state index in [1.54, 1.807) is 0 Å². The number of aliphatic hydroxyl groups excluding tert-OH is 1. The van der Waals surface area contributed by atoms with Gasteiger partial charge in [-0.25, -0.2) is 0 Å². The summed E-state index contributed by atoms with van der Waals surface area (Å²) >= 11 is 5.03. The van der Waals surface area contributed by atoms with Crippen LogP contribution in [-0.2, 0) is 0 Å². The number of piperidine rings is 1. The molecule has 3 N–H and O–H groups in total. The quantitative estimate of drug-likeness (QED) is 0.732. The van der Waals surface area contributed by atoms with Crippen LogP contribution in [0.4, 0.5) is 0 Å². The predicted octanol–water partition coefficient (Wildman–Crippen LogP) is 1.43. The minimum atomic E-state index is -0.0870. The maximum Gasteiger partial charge on any atom is 0.0743 e. The van der Waals surface area contributed by atoms with E-state index in [9.17, 15) is 5.11 Å². The average Bonchev–Trinajstić information content (AvgIpc) is 2.47. The highest BCUT2D eigenvalue weighted by Crippen LogP contribution is 2.38. The molecule has 3 nitrogen and oxygen atoms in total. The minimum absolute atomic E-state index is 0.0870. The van der Waals surface area contributed by atoms with Gasteiger partial charge in [-0.15, -0.1) is 0 Å². The number of thiocarbonyl (C=S) groups is 1. The fourth-order valence-corrected chi connectivity index (χ4v) is 3.67. The molecular weight excluding hydrogens is 220 g/mol. The lowest BCUT2D eigenvalue weighted by molar-refractivity contribution is 0.0110. The van der Waals surface area contributed by atoms with E-state index in [0.717, 1.165) is 25.7 Å². The van der Waals surface area contributed by atoms with Crippen molar-refractivity contribution in [1.82, 2.24) is 4.90 Å². The lowest BCUT2D eigenvalue weighted by Crippen LogP contribution is -2.50. The van der Waals surface area contributed by atoms with Gasteiger partial charge in [-0.05, 0) is 32.1 Å². The van der Waals surface area contributed by atoms with Crippen molar-refractivity contribution in [3.05, 3.63) is 0 Å². The molecule has 0 spiro atoms. The molecule has 2 aliphatic rings. The van der Waals surface area contributed by atoms with Crippen LogP contribution in [0, 0.1) is 0 Å². The SMILES string of the molecule is CCC(CC(N)=S)N1C2CCC1CC(O)C2. The maximum atomic E-state index is 9.77. The Kier molecular flexibility index (Phi) is 3.82. The summed E-state index contributed by atoms with van der Waals surface area (Å²) in [4.78, 5) is 3.21. The zero-order valence-electron chi connectivity index (χ0n) is 9.93. The van der Waals surface area contributed by atoms with Crippen LogP contribution in [0.5, 0.6) is 0 Å². The molecule has 0 aliphatic carbocycles. The first kappa shape index (κ1) is 12.3. The van der Waals surface area contributed by atoms with E-state index in [0.29, 0.717) is 23.1 Å². The van der Waals surface area contributed by atoms with Gasteiger partial charge in [0.1, 0.15) is 0 Å². The predicted molar refractivity (Wildman–Crippen MR) is 69.4 cm³/mol. The molecule has 0 radical (unpaired) electrons. The van der Waals surface area contributed by atoms with Gasteiger partial charge in [0.2, 0.25) is 0 Å². The highest BCUT2D eigenvalue weighted by Gasteiger charge is 2.42. The van der Waals surface area contributed by atoms with Crippen molar-refractivity contribution in [1.29, 1.82) is 0 Å². The van der Waals surface area contributed by atoms with Crippen LogP contribution in [0.1, 0.15) is 45.4 Å².